The second kappa shape index (κ2) is 6.89. The van der Waals surface area contributed by atoms with Crippen molar-refractivity contribution in [3.05, 3.63) is 58.4 Å². The van der Waals surface area contributed by atoms with Crippen molar-refractivity contribution in [3.63, 3.8) is 0 Å². The standard InChI is InChI=1S/C9H12O3S.C7H11N2/c1-6-4-7(2)9(8(3)5-6)13(10,11)12;1-6-4-3-5-9(8)7(6)2/h4-5H,1-3H3,(H,10,11,12);3-5H,8H2,1-2H3/q;+1/p-1. The molecule has 0 saturated heterocycles. The number of aromatic nitrogens is 1. The molecule has 0 aliphatic heterocycles. The maximum Gasteiger partial charge on any atom is 0.211 e. The molecule has 5 nitrogen and oxygen atoms in total. The van der Waals surface area contributed by atoms with Crippen LogP contribution >= 0.6 is 0 Å². The highest BCUT2D eigenvalue weighted by Gasteiger charge is 2.09. The minimum absolute atomic E-state index is 0.0851. The molecule has 0 unspecified atom stereocenters. The van der Waals surface area contributed by atoms with Crippen LogP contribution in [-0.4, -0.2) is 13.0 Å². The normalized spacial score (nSPS) is 10.8. The minimum Gasteiger partial charge on any atom is -0.744 e. The molecule has 0 amide bonds. The van der Waals surface area contributed by atoms with Gasteiger partial charge in [-0.1, -0.05) is 22.4 Å². The van der Waals surface area contributed by atoms with Crippen molar-refractivity contribution in [1.82, 2.24) is 0 Å². The molecule has 1 heterocycles. The number of nitrogens with zero attached hydrogens (tertiary/aromatic N) is 1. The maximum absolute atomic E-state index is 10.8. The largest absolute Gasteiger partial charge is 0.744 e. The molecule has 0 aliphatic carbocycles. The monoisotopic (exact) mass is 322 g/mol. The molecule has 0 bridgehead atoms. The molecule has 1 aromatic carbocycles. The van der Waals surface area contributed by atoms with Gasteiger partial charge < -0.3 is 4.55 Å². The predicted molar refractivity (Wildman–Crippen MR) is 84.9 cm³/mol. The Balaban J connectivity index is 0.000000235. The number of hydrogen-bond donors (Lipinski definition) is 1. The summed E-state index contributed by atoms with van der Waals surface area (Å²) in [6.45, 7) is 9.16. The second-order valence-electron chi connectivity index (χ2n) is 5.37. The number of nitrogens with two attached hydrogens (primary N) is 1. The predicted octanol–water partition coefficient (Wildman–Crippen LogP) is 1.82. The molecule has 6 heteroatoms. The number of pyridine rings is 1. The molecule has 0 radical (unpaired) electrons. The third kappa shape index (κ3) is 4.54. The minimum atomic E-state index is -4.33. The molecular formula is C16H22N2O3S. The molecule has 2 rings (SSSR count). The lowest BCUT2D eigenvalue weighted by Crippen LogP contribution is -2.47. The van der Waals surface area contributed by atoms with Crippen molar-refractivity contribution in [2.24, 2.45) is 0 Å². The fourth-order valence-corrected chi connectivity index (χ4v) is 3.18. The smallest absolute Gasteiger partial charge is 0.211 e. The molecule has 0 aliphatic rings. The van der Waals surface area contributed by atoms with Crippen molar-refractivity contribution in [1.29, 1.82) is 0 Å². The zero-order chi connectivity index (χ0) is 17.1. The fourth-order valence-electron chi connectivity index (χ4n) is 2.28. The Morgan fingerprint density at radius 2 is 1.50 bits per heavy atom. The van der Waals surface area contributed by atoms with E-state index in [4.69, 9.17) is 5.84 Å². The number of aryl methyl sites for hydroxylation is 4. The lowest BCUT2D eigenvalue weighted by atomic mass is 10.1. The van der Waals surface area contributed by atoms with Gasteiger partial charge in [-0.2, -0.15) is 0 Å². The van der Waals surface area contributed by atoms with Crippen LogP contribution < -0.4 is 10.5 Å². The highest BCUT2D eigenvalue weighted by molar-refractivity contribution is 7.85. The lowest BCUT2D eigenvalue weighted by Gasteiger charge is -2.14. The van der Waals surface area contributed by atoms with Crippen molar-refractivity contribution in [2.75, 3.05) is 5.84 Å². The van der Waals surface area contributed by atoms with Gasteiger partial charge in [-0.15, -0.1) is 0 Å². The Hall–Kier alpha value is -1.92. The van der Waals surface area contributed by atoms with Crippen molar-refractivity contribution in [2.45, 2.75) is 39.5 Å². The van der Waals surface area contributed by atoms with Gasteiger partial charge in [-0.25, -0.2) is 14.3 Å². The Labute approximate surface area is 132 Å². The van der Waals surface area contributed by atoms with Gasteiger partial charge in [0, 0.05) is 18.6 Å². The summed E-state index contributed by atoms with van der Waals surface area (Å²) in [5.41, 5.74) is 4.33. The molecule has 0 atom stereocenters. The van der Waals surface area contributed by atoms with E-state index in [1.165, 1.54) is 5.56 Å². The Morgan fingerprint density at radius 1 is 1.00 bits per heavy atom. The highest BCUT2D eigenvalue weighted by Crippen LogP contribution is 2.20. The van der Waals surface area contributed by atoms with Crippen LogP contribution in [0.25, 0.3) is 0 Å². The molecule has 22 heavy (non-hydrogen) atoms. The quantitative estimate of drug-likeness (QED) is 0.493. The van der Waals surface area contributed by atoms with Crippen LogP contribution in [0.1, 0.15) is 27.9 Å². The first-order valence-corrected chi connectivity index (χ1v) is 8.21. The van der Waals surface area contributed by atoms with Gasteiger partial charge in [0.1, 0.15) is 10.1 Å². The summed E-state index contributed by atoms with van der Waals surface area (Å²) in [6, 6.07) is 7.36. The lowest BCUT2D eigenvalue weighted by molar-refractivity contribution is -0.645. The first kappa shape index (κ1) is 18.1. The Bertz CT molecular complexity index is 741. The fraction of sp³-hybridized carbons (Fsp3) is 0.312. The van der Waals surface area contributed by atoms with Gasteiger partial charge in [0.05, 0.1) is 4.90 Å². The average Bonchev–Trinajstić information content (AvgIpc) is 2.33. The Morgan fingerprint density at radius 3 is 1.86 bits per heavy atom. The van der Waals surface area contributed by atoms with E-state index in [0.29, 0.717) is 11.1 Å². The molecular weight excluding hydrogens is 300 g/mol. The van der Waals surface area contributed by atoms with Crippen LogP contribution in [0.15, 0.2) is 35.4 Å². The summed E-state index contributed by atoms with van der Waals surface area (Å²) in [6.07, 6.45) is 1.84. The molecule has 0 saturated carbocycles. The van der Waals surface area contributed by atoms with Crippen molar-refractivity contribution >= 4 is 10.1 Å². The van der Waals surface area contributed by atoms with Gasteiger partial charge >= 0.3 is 0 Å². The molecule has 2 aromatic rings. The second-order valence-corrected chi connectivity index (χ2v) is 6.68. The summed E-state index contributed by atoms with van der Waals surface area (Å²) >= 11 is 0. The Kier molecular flexibility index (Phi) is 5.68. The topological polar surface area (TPSA) is 87.1 Å². The number of nitrogen functional groups attached to an aromatic ring is 1. The summed E-state index contributed by atoms with van der Waals surface area (Å²) in [7, 11) is -4.33. The molecule has 0 fully saturated rings. The van der Waals surface area contributed by atoms with E-state index in [1.54, 1.807) is 30.7 Å². The summed E-state index contributed by atoms with van der Waals surface area (Å²) in [5.74, 6) is 5.54. The SMILES string of the molecule is Cc1cc(C)c(S(=O)(=O)[O-])c(C)c1.Cc1ccc[n+](N)c1C. The van der Waals surface area contributed by atoms with Crippen LogP contribution in [0.5, 0.6) is 0 Å². The number of benzene rings is 1. The van der Waals surface area contributed by atoms with E-state index in [2.05, 4.69) is 0 Å². The highest BCUT2D eigenvalue weighted by atomic mass is 32.2. The van der Waals surface area contributed by atoms with E-state index in [-0.39, 0.29) is 4.90 Å². The van der Waals surface area contributed by atoms with Gasteiger partial charge in [0.25, 0.3) is 0 Å². The van der Waals surface area contributed by atoms with Crippen LogP contribution in [0, 0.1) is 34.6 Å². The zero-order valence-electron chi connectivity index (χ0n) is 13.5. The molecule has 0 spiro atoms. The van der Waals surface area contributed by atoms with E-state index in [9.17, 15) is 13.0 Å². The number of hydrogen-bond acceptors (Lipinski definition) is 4. The summed E-state index contributed by atoms with van der Waals surface area (Å²) in [4.78, 5) is -0.0851. The molecule has 2 N–H and O–H groups in total. The maximum atomic E-state index is 10.8. The summed E-state index contributed by atoms with van der Waals surface area (Å²) in [5, 5.41) is 0. The van der Waals surface area contributed by atoms with Gasteiger partial charge in [-0.3, -0.25) is 0 Å². The van der Waals surface area contributed by atoms with Gasteiger partial charge in [-0.05, 0) is 44.9 Å². The third-order valence-electron chi connectivity index (χ3n) is 3.41. The average molecular weight is 322 g/mol. The number of rotatable bonds is 1. The van der Waals surface area contributed by atoms with E-state index in [1.807, 2.05) is 39.1 Å². The first-order valence-electron chi connectivity index (χ1n) is 6.80. The summed E-state index contributed by atoms with van der Waals surface area (Å²) < 4.78 is 34.1. The van der Waals surface area contributed by atoms with E-state index >= 15 is 0 Å². The van der Waals surface area contributed by atoms with E-state index < -0.39 is 10.1 Å². The zero-order valence-corrected chi connectivity index (χ0v) is 14.4. The van der Waals surface area contributed by atoms with Crippen LogP contribution in [0.3, 0.4) is 0 Å². The van der Waals surface area contributed by atoms with Crippen LogP contribution in [-0.2, 0) is 10.1 Å². The van der Waals surface area contributed by atoms with Crippen molar-refractivity contribution in [3.8, 4) is 0 Å². The molecule has 120 valence electrons. The van der Waals surface area contributed by atoms with E-state index in [0.717, 1.165) is 11.3 Å². The van der Waals surface area contributed by atoms with Gasteiger partial charge in [0.2, 0.25) is 5.69 Å². The van der Waals surface area contributed by atoms with Crippen LogP contribution in [0.2, 0.25) is 0 Å². The molecule has 1 aromatic heterocycles. The van der Waals surface area contributed by atoms with Crippen LogP contribution in [0.4, 0.5) is 0 Å². The third-order valence-corrected chi connectivity index (χ3v) is 4.55. The first-order chi connectivity index (χ1) is 10.0. The van der Waals surface area contributed by atoms with Crippen molar-refractivity contribution < 1.29 is 17.6 Å². The van der Waals surface area contributed by atoms with Gasteiger partial charge in [0.15, 0.2) is 6.20 Å².